The van der Waals surface area contributed by atoms with E-state index in [1.54, 1.807) is 11.3 Å². The Balaban J connectivity index is 1.39. The largest absolute Gasteiger partial charge is 0.297 e. The van der Waals surface area contributed by atoms with E-state index >= 15 is 0 Å². The number of carbonyl (C=O) groups is 1. The minimum absolute atomic E-state index is 0.126. The highest BCUT2D eigenvalue weighted by atomic mass is 32.1. The molecule has 27 heavy (non-hydrogen) atoms. The van der Waals surface area contributed by atoms with Crippen LogP contribution in [0.1, 0.15) is 40.8 Å². The van der Waals surface area contributed by atoms with Crippen LogP contribution in [0.15, 0.2) is 22.2 Å². The number of anilines is 1. The number of nitrogens with one attached hydrogen (secondary N) is 1. The number of thiophene rings is 1. The first-order valence-electron chi connectivity index (χ1n) is 9.06. The van der Waals surface area contributed by atoms with Crippen LogP contribution in [0, 0.1) is 12.8 Å². The number of piperidine rings is 1. The van der Waals surface area contributed by atoms with Crippen LogP contribution < -0.4 is 5.32 Å². The minimum atomic E-state index is -0.126. The summed E-state index contributed by atoms with van der Waals surface area (Å²) in [7, 11) is 0. The smallest absolute Gasteiger partial charge is 0.269 e. The lowest BCUT2D eigenvalue weighted by Crippen LogP contribution is -2.32. The van der Waals surface area contributed by atoms with Gasteiger partial charge in [-0.1, -0.05) is 6.92 Å². The molecule has 1 saturated heterocycles. The second-order valence-electron chi connectivity index (χ2n) is 7.00. The van der Waals surface area contributed by atoms with Crippen LogP contribution in [-0.4, -0.2) is 33.9 Å². The number of nitrogens with zero attached hydrogens (tertiary/aromatic N) is 3. The van der Waals surface area contributed by atoms with E-state index in [0.717, 1.165) is 47.5 Å². The molecular formula is C19H22N4OS3. The maximum absolute atomic E-state index is 12.7. The summed E-state index contributed by atoms with van der Waals surface area (Å²) in [6.45, 7) is 7.32. The van der Waals surface area contributed by atoms with Gasteiger partial charge in [0.25, 0.3) is 5.91 Å². The van der Waals surface area contributed by atoms with Gasteiger partial charge >= 0.3 is 0 Å². The number of carbonyl (C=O) groups excluding carboxylic acids is 1. The summed E-state index contributed by atoms with van der Waals surface area (Å²) in [4.78, 5) is 24.9. The molecule has 0 unspecified atom stereocenters. The third-order valence-electron chi connectivity index (χ3n) is 4.81. The average molecular weight is 419 g/mol. The molecule has 4 heterocycles. The number of rotatable bonds is 5. The number of aryl methyl sites for hydroxylation is 1. The van der Waals surface area contributed by atoms with Crippen LogP contribution in [0.5, 0.6) is 0 Å². The summed E-state index contributed by atoms with van der Waals surface area (Å²) < 4.78 is 0. The maximum atomic E-state index is 12.7. The normalized spacial score (nSPS) is 15.9. The number of amides is 1. The molecule has 1 amide bonds. The summed E-state index contributed by atoms with van der Waals surface area (Å²) in [5, 5.41) is 10.6. The fourth-order valence-corrected chi connectivity index (χ4v) is 5.53. The molecule has 0 aliphatic carbocycles. The van der Waals surface area contributed by atoms with Gasteiger partial charge in [0.2, 0.25) is 0 Å². The molecule has 142 valence electrons. The standard InChI is InChI=1S/C19H22N4OS3/c1-12-3-6-23(7-4-12)9-15-11-26-19(21-15)22-17(24)16-13(2)20-18(27-16)14-5-8-25-10-14/h5,8,10-12H,3-4,6-7,9H2,1-2H3,(H,21,22,24). The van der Waals surface area contributed by atoms with Crippen molar-refractivity contribution in [2.45, 2.75) is 33.2 Å². The summed E-state index contributed by atoms with van der Waals surface area (Å²) in [6.07, 6.45) is 2.51. The Hall–Kier alpha value is -1.61. The average Bonchev–Trinajstić information content (AvgIpc) is 3.38. The molecular weight excluding hydrogens is 396 g/mol. The Kier molecular flexibility index (Phi) is 5.68. The van der Waals surface area contributed by atoms with Crippen LogP contribution in [0.2, 0.25) is 0 Å². The van der Waals surface area contributed by atoms with E-state index in [-0.39, 0.29) is 5.91 Å². The van der Waals surface area contributed by atoms with E-state index in [0.29, 0.717) is 10.0 Å². The summed E-state index contributed by atoms with van der Waals surface area (Å²) in [6, 6.07) is 2.03. The zero-order chi connectivity index (χ0) is 18.8. The summed E-state index contributed by atoms with van der Waals surface area (Å²) in [5.41, 5.74) is 2.86. The molecule has 8 heteroatoms. The number of thiazole rings is 2. The van der Waals surface area contributed by atoms with Crippen molar-refractivity contribution in [3.63, 3.8) is 0 Å². The van der Waals surface area contributed by atoms with Gasteiger partial charge in [0.1, 0.15) is 9.88 Å². The zero-order valence-electron chi connectivity index (χ0n) is 15.4. The summed E-state index contributed by atoms with van der Waals surface area (Å²) in [5.74, 6) is 0.701. The Morgan fingerprint density at radius 2 is 2.11 bits per heavy atom. The fraction of sp³-hybridized carbons (Fsp3) is 0.421. The highest BCUT2D eigenvalue weighted by Crippen LogP contribution is 2.30. The molecule has 1 N–H and O–H groups in total. The van der Waals surface area contributed by atoms with Gasteiger partial charge in [-0.3, -0.25) is 15.0 Å². The number of likely N-dealkylation sites (tertiary alicyclic amines) is 1. The minimum Gasteiger partial charge on any atom is -0.297 e. The lowest BCUT2D eigenvalue weighted by Gasteiger charge is -2.29. The van der Waals surface area contributed by atoms with Crippen molar-refractivity contribution in [2.75, 3.05) is 18.4 Å². The Bertz CT molecular complexity index is 907. The van der Waals surface area contributed by atoms with Crippen LogP contribution in [0.25, 0.3) is 10.6 Å². The second kappa shape index (κ2) is 8.18. The van der Waals surface area contributed by atoms with Gasteiger partial charge < -0.3 is 0 Å². The molecule has 1 aliphatic heterocycles. The van der Waals surface area contributed by atoms with Crippen molar-refractivity contribution in [1.82, 2.24) is 14.9 Å². The van der Waals surface area contributed by atoms with Crippen molar-refractivity contribution < 1.29 is 4.79 Å². The lowest BCUT2D eigenvalue weighted by molar-refractivity contribution is 0.102. The van der Waals surface area contributed by atoms with Crippen molar-refractivity contribution in [3.8, 4) is 10.6 Å². The molecule has 1 aliphatic rings. The molecule has 3 aromatic heterocycles. The van der Waals surface area contributed by atoms with Crippen LogP contribution >= 0.6 is 34.0 Å². The van der Waals surface area contributed by atoms with Gasteiger partial charge in [-0.15, -0.1) is 22.7 Å². The molecule has 3 aromatic rings. The highest BCUT2D eigenvalue weighted by Gasteiger charge is 2.19. The van der Waals surface area contributed by atoms with Crippen molar-refractivity contribution in [2.24, 2.45) is 5.92 Å². The molecule has 0 atom stereocenters. The first kappa shape index (κ1) is 18.7. The monoisotopic (exact) mass is 418 g/mol. The Labute approximate surface area is 171 Å². The Morgan fingerprint density at radius 3 is 2.85 bits per heavy atom. The van der Waals surface area contributed by atoms with Gasteiger partial charge in [-0.25, -0.2) is 9.97 Å². The van der Waals surface area contributed by atoms with Crippen molar-refractivity contribution in [1.29, 1.82) is 0 Å². The van der Waals surface area contributed by atoms with Gasteiger partial charge in [-0.2, -0.15) is 11.3 Å². The van der Waals surface area contributed by atoms with Gasteiger partial charge in [0.05, 0.1) is 11.4 Å². The van der Waals surface area contributed by atoms with Crippen molar-refractivity contribution in [3.05, 3.63) is 38.5 Å². The van der Waals surface area contributed by atoms with Gasteiger partial charge in [0.15, 0.2) is 5.13 Å². The highest BCUT2D eigenvalue weighted by molar-refractivity contribution is 7.18. The molecule has 0 aromatic carbocycles. The predicted molar refractivity (Wildman–Crippen MR) is 114 cm³/mol. The third-order valence-corrected chi connectivity index (χ3v) is 7.50. The van der Waals surface area contributed by atoms with Gasteiger partial charge in [0, 0.05) is 22.9 Å². The molecule has 4 rings (SSSR count). The first-order valence-corrected chi connectivity index (χ1v) is 11.7. The molecule has 5 nitrogen and oxygen atoms in total. The van der Waals surface area contributed by atoms with E-state index in [4.69, 9.17) is 0 Å². The zero-order valence-corrected chi connectivity index (χ0v) is 17.8. The molecule has 1 fully saturated rings. The van der Waals surface area contributed by atoms with Crippen LogP contribution in [0.3, 0.4) is 0 Å². The fourth-order valence-electron chi connectivity index (χ4n) is 3.16. The van der Waals surface area contributed by atoms with Gasteiger partial charge in [-0.05, 0) is 50.2 Å². The third kappa shape index (κ3) is 4.45. The lowest BCUT2D eigenvalue weighted by atomic mass is 9.99. The molecule has 0 bridgehead atoms. The van der Waals surface area contributed by atoms with E-state index in [1.807, 2.05) is 23.8 Å². The van der Waals surface area contributed by atoms with E-state index in [1.165, 1.54) is 35.5 Å². The van der Waals surface area contributed by atoms with Crippen LogP contribution in [0.4, 0.5) is 5.13 Å². The second-order valence-corrected chi connectivity index (χ2v) is 9.64. The topological polar surface area (TPSA) is 58.1 Å². The van der Waals surface area contributed by atoms with Crippen molar-refractivity contribution >= 4 is 45.0 Å². The molecule has 0 radical (unpaired) electrons. The predicted octanol–water partition coefficient (Wildman–Crippen LogP) is 5.12. The molecule has 0 spiro atoms. The maximum Gasteiger partial charge on any atom is 0.269 e. The van der Waals surface area contributed by atoms with E-state index in [2.05, 4.69) is 32.5 Å². The van der Waals surface area contributed by atoms with Crippen LogP contribution in [-0.2, 0) is 6.54 Å². The number of hydrogen-bond donors (Lipinski definition) is 1. The van der Waals surface area contributed by atoms with E-state index < -0.39 is 0 Å². The quantitative estimate of drug-likeness (QED) is 0.625. The first-order chi connectivity index (χ1) is 13.1. The molecule has 0 saturated carbocycles. The summed E-state index contributed by atoms with van der Waals surface area (Å²) >= 11 is 4.55. The van der Waals surface area contributed by atoms with E-state index in [9.17, 15) is 4.79 Å². The number of aromatic nitrogens is 2. The number of hydrogen-bond acceptors (Lipinski definition) is 7. The SMILES string of the molecule is Cc1nc(-c2ccsc2)sc1C(=O)Nc1nc(CN2CCC(C)CC2)cs1. The Morgan fingerprint density at radius 1 is 1.30 bits per heavy atom.